The molecule has 0 fully saturated rings. The predicted molar refractivity (Wildman–Crippen MR) is 81.1 cm³/mol. The Morgan fingerprint density at radius 2 is 1.80 bits per heavy atom. The molecule has 4 heteroatoms. The Labute approximate surface area is 117 Å². The molecule has 0 aliphatic rings. The van der Waals surface area contributed by atoms with Crippen LogP contribution in [0.4, 0.5) is 5.82 Å². The van der Waals surface area contributed by atoms with Gasteiger partial charge in [-0.1, -0.05) is 23.3 Å². The average molecular weight is 264 g/mol. The third-order valence-electron chi connectivity index (χ3n) is 3.25. The maximum absolute atomic E-state index is 6.02. The van der Waals surface area contributed by atoms with E-state index in [9.17, 15) is 0 Å². The summed E-state index contributed by atoms with van der Waals surface area (Å²) in [5.41, 5.74) is 12.3. The summed E-state index contributed by atoms with van der Waals surface area (Å²) in [6.45, 7) is 4.17. The highest BCUT2D eigenvalue weighted by molar-refractivity contribution is 5.87. The van der Waals surface area contributed by atoms with Gasteiger partial charge in [0.1, 0.15) is 0 Å². The second-order valence-electron chi connectivity index (χ2n) is 4.98. The summed E-state index contributed by atoms with van der Waals surface area (Å²) in [5.74, 6) is 0.493. The molecule has 0 atom stereocenters. The van der Waals surface area contributed by atoms with Crippen LogP contribution in [-0.4, -0.2) is 15.2 Å². The van der Waals surface area contributed by atoms with Crippen molar-refractivity contribution in [1.29, 1.82) is 0 Å². The van der Waals surface area contributed by atoms with Crippen LogP contribution in [0.2, 0.25) is 0 Å². The van der Waals surface area contributed by atoms with Gasteiger partial charge in [0, 0.05) is 23.5 Å². The van der Waals surface area contributed by atoms with Crippen LogP contribution in [0.25, 0.3) is 22.4 Å². The molecule has 0 unspecified atom stereocenters. The summed E-state index contributed by atoms with van der Waals surface area (Å²) in [6.07, 6.45) is 3.55. The first-order valence-corrected chi connectivity index (χ1v) is 6.48. The molecule has 4 nitrogen and oxygen atoms in total. The van der Waals surface area contributed by atoms with Crippen molar-refractivity contribution in [1.82, 2.24) is 15.2 Å². The highest BCUT2D eigenvalue weighted by Gasteiger charge is 2.15. The molecule has 100 valence electrons. The van der Waals surface area contributed by atoms with Gasteiger partial charge in [0.05, 0.1) is 11.3 Å². The first-order valence-electron chi connectivity index (χ1n) is 6.48. The Morgan fingerprint density at radius 3 is 2.45 bits per heavy atom. The van der Waals surface area contributed by atoms with E-state index >= 15 is 0 Å². The van der Waals surface area contributed by atoms with E-state index in [-0.39, 0.29) is 0 Å². The lowest BCUT2D eigenvalue weighted by Gasteiger charge is -2.06. The molecule has 3 N–H and O–H groups in total. The van der Waals surface area contributed by atoms with Crippen LogP contribution < -0.4 is 5.73 Å². The van der Waals surface area contributed by atoms with Gasteiger partial charge < -0.3 is 5.73 Å². The minimum absolute atomic E-state index is 0.493. The zero-order valence-corrected chi connectivity index (χ0v) is 11.5. The number of pyridine rings is 1. The number of benzene rings is 1. The fraction of sp³-hybridized carbons (Fsp3) is 0.125. The largest absolute Gasteiger partial charge is 0.382 e. The predicted octanol–water partition coefficient (Wildman–Crippen LogP) is 3.34. The number of anilines is 1. The van der Waals surface area contributed by atoms with Gasteiger partial charge in [-0.05, 0) is 32.0 Å². The van der Waals surface area contributed by atoms with Gasteiger partial charge in [0.25, 0.3) is 0 Å². The molecule has 0 aliphatic heterocycles. The lowest BCUT2D eigenvalue weighted by atomic mass is 9.99. The summed E-state index contributed by atoms with van der Waals surface area (Å²) < 4.78 is 0. The number of nitrogen functional groups attached to an aromatic ring is 1. The number of rotatable bonds is 2. The number of aromatic amines is 1. The number of nitrogens with zero attached hydrogens (tertiary/aromatic N) is 2. The Kier molecular flexibility index (Phi) is 2.99. The number of aromatic nitrogens is 3. The topological polar surface area (TPSA) is 67.6 Å². The van der Waals surface area contributed by atoms with Crippen LogP contribution in [0.1, 0.15) is 11.1 Å². The van der Waals surface area contributed by atoms with Gasteiger partial charge in [-0.3, -0.25) is 10.1 Å². The van der Waals surface area contributed by atoms with Crippen molar-refractivity contribution in [3.8, 4) is 22.4 Å². The molecule has 2 heterocycles. The molecule has 0 spiro atoms. The van der Waals surface area contributed by atoms with E-state index in [0.29, 0.717) is 5.82 Å². The fourth-order valence-corrected chi connectivity index (χ4v) is 2.49. The van der Waals surface area contributed by atoms with Gasteiger partial charge in [-0.25, -0.2) is 0 Å². The second-order valence-corrected chi connectivity index (χ2v) is 4.98. The van der Waals surface area contributed by atoms with Crippen LogP contribution >= 0.6 is 0 Å². The number of aryl methyl sites for hydroxylation is 2. The Hall–Kier alpha value is -2.62. The molecule has 3 aromatic rings. The highest BCUT2D eigenvalue weighted by Crippen LogP contribution is 2.34. The lowest BCUT2D eigenvalue weighted by Crippen LogP contribution is -1.90. The molecule has 0 radical (unpaired) electrons. The average Bonchev–Trinajstić information content (AvgIpc) is 2.80. The van der Waals surface area contributed by atoms with Crippen LogP contribution in [-0.2, 0) is 0 Å². The van der Waals surface area contributed by atoms with Gasteiger partial charge in [-0.2, -0.15) is 5.10 Å². The standard InChI is InChI=1S/C16H16N4/c1-10-6-11(2)8-13(7-10)15-14(16(17)20-19-15)12-4-3-5-18-9-12/h3-9H,1-2H3,(H3,17,19,20). The number of hydrogen-bond donors (Lipinski definition) is 2. The minimum atomic E-state index is 0.493. The Balaban J connectivity index is 2.21. The number of nitrogens with two attached hydrogens (primary N) is 1. The smallest absolute Gasteiger partial charge is 0.153 e. The quantitative estimate of drug-likeness (QED) is 0.746. The van der Waals surface area contributed by atoms with E-state index in [2.05, 4.69) is 47.2 Å². The monoisotopic (exact) mass is 264 g/mol. The molecule has 2 aromatic heterocycles. The molecule has 0 bridgehead atoms. The third kappa shape index (κ3) is 2.16. The molecule has 0 saturated heterocycles. The van der Waals surface area contributed by atoms with Crippen LogP contribution in [0.5, 0.6) is 0 Å². The van der Waals surface area contributed by atoms with Crippen molar-refractivity contribution < 1.29 is 0 Å². The van der Waals surface area contributed by atoms with Crippen LogP contribution in [0.15, 0.2) is 42.7 Å². The molecule has 3 rings (SSSR count). The van der Waals surface area contributed by atoms with Gasteiger partial charge >= 0.3 is 0 Å². The number of hydrogen-bond acceptors (Lipinski definition) is 3. The fourth-order valence-electron chi connectivity index (χ4n) is 2.49. The summed E-state index contributed by atoms with van der Waals surface area (Å²) in [4.78, 5) is 4.15. The molecule has 0 amide bonds. The molecular weight excluding hydrogens is 248 g/mol. The van der Waals surface area contributed by atoms with E-state index in [0.717, 1.165) is 22.4 Å². The zero-order chi connectivity index (χ0) is 14.1. The van der Waals surface area contributed by atoms with Crippen molar-refractivity contribution in [3.63, 3.8) is 0 Å². The maximum Gasteiger partial charge on any atom is 0.153 e. The Morgan fingerprint density at radius 1 is 1.05 bits per heavy atom. The van der Waals surface area contributed by atoms with E-state index in [1.165, 1.54) is 11.1 Å². The van der Waals surface area contributed by atoms with E-state index in [1.807, 2.05) is 12.1 Å². The number of H-pyrrole nitrogens is 1. The maximum atomic E-state index is 6.02. The zero-order valence-electron chi connectivity index (χ0n) is 11.5. The van der Waals surface area contributed by atoms with Crippen molar-refractivity contribution >= 4 is 5.82 Å². The normalized spacial score (nSPS) is 10.7. The lowest BCUT2D eigenvalue weighted by molar-refractivity contribution is 1.10. The molecule has 0 aliphatic carbocycles. The summed E-state index contributed by atoms with van der Waals surface area (Å²) in [6, 6.07) is 10.3. The molecule has 0 saturated carbocycles. The molecular formula is C16H16N4. The van der Waals surface area contributed by atoms with Crippen molar-refractivity contribution in [3.05, 3.63) is 53.9 Å². The molecule has 1 aromatic carbocycles. The van der Waals surface area contributed by atoms with Gasteiger partial charge in [0.2, 0.25) is 0 Å². The summed E-state index contributed by atoms with van der Waals surface area (Å²) in [7, 11) is 0. The van der Waals surface area contributed by atoms with Crippen molar-refractivity contribution in [2.45, 2.75) is 13.8 Å². The SMILES string of the molecule is Cc1cc(C)cc(-c2[nH]nc(N)c2-c2cccnc2)c1. The summed E-state index contributed by atoms with van der Waals surface area (Å²) in [5, 5.41) is 7.19. The first kappa shape index (κ1) is 12.4. The molecule has 20 heavy (non-hydrogen) atoms. The highest BCUT2D eigenvalue weighted by atomic mass is 15.2. The number of nitrogens with one attached hydrogen (secondary N) is 1. The van der Waals surface area contributed by atoms with Gasteiger partial charge in [-0.15, -0.1) is 0 Å². The second kappa shape index (κ2) is 4.81. The third-order valence-corrected chi connectivity index (χ3v) is 3.25. The Bertz CT molecular complexity index is 724. The van der Waals surface area contributed by atoms with Gasteiger partial charge in [0.15, 0.2) is 5.82 Å². The minimum Gasteiger partial charge on any atom is -0.382 e. The van der Waals surface area contributed by atoms with E-state index in [1.54, 1.807) is 12.4 Å². The van der Waals surface area contributed by atoms with Crippen LogP contribution in [0.3, 0.4) is 0 Å². The van der Waals surface area contributed by atoms with E-state index < -0.39 is 0 Å². The summed E-state index contributed by atoms with van der Waals surface area (Å²) >= 11 is 0. The van der Waals surface area contributed by atoms with Crippen molar-refractivity contribution in [2.75, 3.05) is 5.73 Å². The van der Waals surface area contributed by atoms with Crippen molar-refractivity contribution in [2.24, 2.45) is 0 Å². The first-order chi connectivity index (χ1) is 9.65. The van der Waals surface area contributed by atoms with E-state index in [4.69, 9.17) is 5.73 Å². The van der Waals surface area contributed by atoms with Crippen LogP contribution in [0, 0.1) is 13.8 Å².